The molecule has 1 heterocycles. The van der Waals surface area contributed by atoms with Crippen LogP contribution in [0.15, 0.2) is 18.2 Å². The van der Waals surface area contributed by atoms with Gasteiger partial charge < -0.3 is 10.6 Å². The van der Waals surface area contributed by atoms with Crippen LogP contribution in [-0.2, 0) is 16.6 Å². The van der Waals surface area contributed by atoms with Gasteiger partial charge in [0.1, 0.15) is 0 Å². The predicted octanol–water partition coefficient (Wildman–Crippen LogP) is 2.22. The second-order valence-electron chi connectivity index (χ2n) is 6.12. The fraction of sp³-hybridized carbons (Fsp3) is 0.533. The summed E-state index contributed by atoms with van der Waals surface area (Å²) in [5, 5.41) is 0. The van der Waals surface area contributed by atoms with Gasteiger partial charge in [-0.05, 0) is 36.0 Å². The summed E-state index contributed by atoms with van der Waals surface area (Å²) < 4.78 is 0. The fourth-order valence-corrected chi connectivity index (χ4v) is 2.34. The topological polar surface area (TPSA) is 46.3 Å². The Hall–Kier alpha value is -1.35. The molecule has 0 fully saturated rings. The Labute approximate surface area is 109 Å². The molecule has 2 N–H and O–H groups in total. The molecule has 18 heavy (non-hydrogen) atoms. The highest BCUT2D eigenvalue weighted by Gasteiger charge is 2.27. The van der Waals surface area contributed by atoms with Crippen molar-refractivity contribution in [3.63, 3.8) is 0 Å². The van der Waals surface area contributed by atoms with Gasteiger partial charge in [-0.3, -0.25) is 4.79 Å². The standard InChI is InChI=1S/C15H22N2O/c1-10(16)14(18)17-8-7-11-9-12(15(2,3)4)5-6-13(11)17/h5-6,9-10H,7-8,16H2,1-4H3/t10-/m0/s1. The molecule has 0 saturated heterocycles. The van der Waals surface area contributed by atoms with Gasteiger partial charge >= 0.3 is 0 Å². The molecule has 1 aliphatic rings. The summed E-state index contributed by atoms with van der Waals surface area (Å²) in [7, 11) is 0. The average molecular weight is 246 g/mol. The van der Waals surface area contributed by atoms with E-state index in [1.54, 1.807) is 6.92 Å². The van der Waals surface area contributed by atoms with Crippen molar-refractivity contribution in [1.82, 2.24) is 0 Å². The molecule has 0 spiro atoms. The molecule has 2 rings (SSSR count). The van der Waals surface area contributed by atoms with Crippen LogP contribution in [0.2, 0.25) is 0 Å². The van der Waals surface area contributed by atoms with E-state index >= 15 is 0 Å². The second-order valence-corrected chi connectivity index (χ2v) is 6.12. The maximum Gasteiger partial charge on any atom is 0.243 e. The Bertz CT molecular complexity index is 472. The number of benzene rings is 1. The first kappa shape index (κ1) is 13.1. The quantitative estimate of drug-likeness (QED) is 0.826. The van der Waals surface area contributed by atoms with E-state index < -0.39 is 6.04 Å². The maximum atomic E-state index is 12.0. The number of carbonyl (C=O) groups is 1. The average Bonchev–Trinajstić information content (AvgIpc) is 2.69. The fourth-order valence-electron chi connectivity index (χ4n) is 2.34. The number of nitrogens with zero attached hydrogens (tertiary/aromatic N) is 1. The lowest BCUT2D eigenvalue weighted by Crippen LogP contribution is -2.41. The molecule has 1 aromatic rings. The summed E-state index contributed by atoms with van der Waals surface area (Å²) in [5.41, 5.74) is 9.44. The summed E-state index contributed by atoms with van der Waals surface area (Å²) in [6, 6.07) is 5.97. The highest BCUT2D eigenvalue weighted by Crippen LogP contribution is 2.33. The van der Waals surface area contributed by atoms with Gasteiger partial charge in [0.25, 0.3) is 0 Å². The molecule has 1 atom stereocenters. The highest BCUT2D eigenvalue weighted by molar-refractivity contribution is 5.98. The monoisotopic (exact) mass is 246 g/mol. The summed E-state index contributed by atoms with van der Waals surface area (Å²) in [6.45, 7) is 9.10. The molecule has 0 aromatic heterocycles. The number of hydrogen-bond donors (Lipinski definition) is 1. The zero-order valence-corrected chi connectivity index (χ0v) is 11.7. The molecule has 3 heteroatoms. The van der Waals surface area contributed by atoms with E-state index in [0.717, 1.165) is 18.7 Å². The lowest BCUT2D eigenvalue weighted by atomic mass is 9.86. The van der Waals surface area contributed by atoms with E-state index in [9.17, 15) is 4.79 Å². The number of fused-ring (bicyclic) bond motifs is 1. The van der Waals surface area contributed by atoms with Crippen molar-refractivity contribution in [2.75, 3.05) is 11.4 Å². The Morgan fingerprint density at radius 3 is 2.61 bits per heavy atom. The molecule has 1 aromatic carbocycles. The highest BCUT2D eigenvalue weighted by atomic mass is 16.2. The Morgan fingerprint density at radius 1 is 1.39 bits per heavy atom. The molecule has 98 valence electrons. The van der Waals surface area contributed by atoms with Crippen LogP contribution in [0.4, 0.5) is 5.69 Å². The van der Waals surface area contributed by atoms with E-state index in [1.807, 2.05) is 4.90 Å². The minimum Gasteiger partial charge on any atom is -0.320 e. The summed E-state index contributed by atoms with van der Waals surface area (Å²) in [6.07, 6.45) is 0.928. The molecule has 0 unspecified atom stereocenters. The van der Waals surface area contributed by atoms with E-state index in [2.05, 4.69) is 39.0 Å². The molecule has 1 amide bonds. The predicted molar refractivity (Wildman–Crippen MR) is 74.8 cm³/mol. The van der Waals surface area contributed by atoms with Gasteiger partial charge in [-0.15, -0.1) is 0 Å². The van der Waals surface area contributed by atoms with E-state index in [4.69, 9.17) is 5.73 Å². The molecular formula is C15H22N2O. The largest absolute Gasteiger partial charge is 0.320 e. The summed E-state index contributed by atoms with van der Waals surface area (Å²) in [4.78, 5) is 13.8. The molecule has 3 nitrogen and oxygen atoms in total. The maximum absolute atomic E-state index is 12.0. The van der Waals surface area contributed by atoms with Crippen molar-refractivity contribution in [1.29, 1.82) is 0 Å². The van der Waals surface area contributed by atoms with Crippen molar-refractivity contribution in [3.8, 4) is 0 Å². The van der Waals surface area contributed by atoms with Crippen molar-refractivity contribution in [2.24, 2.45) is 5.73 Å². The first-order valence-electron chi connectivity index (χ1n) is 6.51. The summed E-state index contributed by atoms with van der Waals surface area (Å²) >= 11 is 0. The van der Waals surface area contributed by atoms with Crippen molar-refractivity contribution in [3.05, 3.63) is 29.3 Å². The van der Waals surface area contributed by atoms with E-state index in [1.165, 1.54) is 11.1 Å². The van der Waals surface area contributed by atoms with Gasteiger partial charge in [-0.1, -0.05) is 32.9 Å². The Morgan fingerprint density at radius 2 is 2.06 bits per heavy atom. The molecule has 1 aliphatic heterocycles. The van der Waals surface area contributed by atoms with E-state index in [-0.39, 0.29) is 11.3 Å². The summed E-state index contributed by atoms with van der Waals surface area (Å²) in [5.74, 6) is 0.0114. The zero-order chi connectivity index (χ0) is 13.5. The molecule has 0 aliphatic carbocycles. The minimum atomic E-state index is -0.432. The van der Waals surface area contributed by atoms with Crippen LogP contribution in [0.3, 0.4) is 0 Å². The number of nitrogens with two attached hydrogens (primary N) is 1. The van der Waals surface area contributed by atoms with Gasteiger partial charge in [0.2, 0.25) is 5.91 Å². The normalized spacial score (nSPS) is 16.6. The third-order valence-corrected chi connectivity index (χ3v) is 3.50. The van der Waals surface area contributed by atoms with Gasteiger partial charge in [0.05, 0.1) is 6.04 Å². The second kappa shape index (κ2) is 4.39. The zero-order valence-electron chi connectivity index (χ0n) is 11.7. The van der Waals surface area contributed by atoms with Crippen LogP contribution in [-0.4, -0.2) is 18.5 Å². The first-order valence-corrected chi connectivity index (χ1v) is 6.51. The van der Waals surface area contributed by atoms with Crippen molar-refractivity contribution < 1.29 is 4.79 Å². The van der Waals surface area contributed by atoms with Crippen LogP contribution in [0.5, 0.6) is 0 Å². The van der Waals surface area contributed by atoms with Gasteiger partial charge in [0.15, 0.2) is 0 Å². The lowest BCUT2D eigenvalue weighted by Gasteiger charge is -2.22. The third-order valence-electron chi connectivity index (χ3n) is 3.50. The Kier molecular flexibility index (Phi) is 3.20. The lowest BCUT2D eigenvalue weighted by molar-refractivity contribution is -0.119. The van der Waals surface area contributed by atoms with Gasteiger partial charge in [0, 0.05) is 12.2 Å². The Balaban J connectivity index is 2.34. The van der Waals surface area contributed by atoms with Crippen molar-refractivity contribution in [2.45, 2.75) is 45.6 Å². The molecular weight excluding hydrogens is 224 g/mol. The van der Waals surface area contributed by atoms with Crippen LogP contribution in [0, 0.1) is 0 Å². The van der Waals surface area contributed by atoms with Crippen LogP contribution >= 0.6 is 0 Å². The number of hydrogen-bond acceptors (Lipinski definition) is 2. The molecule has 0 saturated carbocycles. The van der Waals surface area contributed by atoms with Crippen molar-refractivity contribution >= 4 is 11.6 Å². The third kappa shape index (κ3) is 2.27. The smallest absolute Gasteiger partial charge is 0.243 e. The van der Waals surface area contributed by atoms with Crippen LogP contribution < -0.4 is 10.6 Å². The van der Waals surface area contributed by atoms with E-state index in [0.29, 0.717) is 0 Å². The number of anilines is 1. The number of rotatable bonds is 1. The minimum absolute atomic E-state index is 0.0114. The van der Waals surface area contributed by atoms with Gasteiger partial charge in [-0.25, -0.2) is 0 Å². The van der Waals surface area contributed by atoms with Gasteiger partial charge in [-0.2, -0.15) is 0 Å². The van der Waals surface area contributed by atoms with Crippen LogP contribution in [0.25, 0.3) is 0 Å². The van der Waals surface area contributed by atoms with Crippen LogP contribution in [0.1, 0.15) is 38.8 Å². The number of amides is 1. The SMILES string of the molecule is C[C@H](N)C(=O)N1CCc2cc(C(C)(C)C)ccc21. The first-order chi connectivity index (χ1) is 8.30. The molecule has 0 radical (unpaired) electrons. The number of carbonyl (C=O) groups excluding carboxylic acids is 1. The molecule has 0 bridgehead atoms.